The van der Waals surface area contributed by atoms with E-state index < -0.39 is 0 Å². The van der Waals surface area contributed by atoms with Gasteiger partial charge < -0.3 is 9.64 Å². The number of amides is 1. The summed E-state index contributed by atoms with van der Waals surface area (Å²) < 4.78 is 5.60. The summed E-state index contributed by atoms with van der Waals surface area (Å²) in [5.41, 5.74) is -0.388. The highest BCUT2D eigenvalue weighted by atomic mass is 128. The van der Waals surface area contributed by atoms with Crippen LogP contribution in [0.5, 0.6) is 0 Å². The van der Waals surface area contributed by atoms with Crippen LogP contribution in [0.1, 0.15) is 27.7 Å². The summed E-state index contributed by atoms with van der Waals surface area (Å²) in [4.78, 5) is 13.8. The van der Waals surface area contributed by atoms with Crippen molar-refractivity contribution in [1.82, 2.24) is 4.90 Å². The van der Waals surface area contributed by atoms with Gasteiger partial charge in [-0.25, -0.2) is 0 Å². The van der Waals surface area contributed by atoms with Crippen molar-refractivity contribution >= 4 is 43.1 Å². The largest absolute Gasteiger partial charge is 0.354 e. The number of ether oxygens (including phenoxy) is 1. The van der Waals surface area contributed by atoms with Gasteiger partial charge in [0.25, 0.3) is 0 Å². The van der Waals surface area contributed by atoms with E-state index in [9.17, 15) is 4.79 Å². The van der Waals surface area contributed by atoms with Crippen LogP contribution in [-0.2, 0) is 9.53 Å². The third-order valence-corrected chi connectivity index (χ3v) is 3.54. The average molecular weight is 437 g/mol. The number of carbonyl (C=O) groups is 1. The number of carbonyl (C=O) groups excluding carboxylic acids is 1. The molecule has 0 aromatic rings. The molecule has 2 aliphatic rings. The fraction of sp³-hybridized carbons (Fsp3) is 0.900. The molecule has 2 fully saturated rings. The minimum absolute atomic E-state index is 0.160. The van der Waals surface area contributed by atoms with Crippen molar-refractivity contribution < 1.29 is 9.53 Å². The third kappa shape index (κ3) is 2.29. The Bertz CT molecular complexity index is 258. The molecule has 0 spiro atoms. The lowest BCUT2D eigenvalue weighted by molar-refractivity contribution is -0.144. The quantitative estimate of drug-likeness (QED) is 0.546. The zero-order valence-electron chi connectivity index (χ0n) is 9.46. The summed E-state index contributed by atoms with van der Waals surface area (Å²) >= 11 is 4.24. The summed E-state index contributed by atoms with van der Waals surface area (Å²) in [6, 6.07) is 0.303. The number of halogens is 2. The van der Waals surface area contributed by atoms with Crippen molar-refractivity contribution in [3.63, 3.8) is 0 Å². The third-order valence-electron chi connectivity index (χ3n) is 3.54. The smallest absolute Gasteiger partial charge is 0.228 e. The molecule has 0 bridgehead atoms. The van der Waals surface area contributed by atoms with Crippen molar-refractivity contribution in [2.24, 2.45) is 11.8 Å². The lowest BCUT2D eigenvalue weighted by Crippen LogP contribution is -2.44. The second-order valence-corrected chi connectivity index (χ2v) is 4.68. The predicted octanol–water partition coefficient (Wildman–Crippen LogP) is 3.01. The molecule has 2 heterocycles. The molecule has 0 N–H and O–H groups in total. The van der Waals surface area contributed by atoms with Crippen molar-refractivity contribution in [2.75, 3.05) is 6.61 Å². The maximum atomic E-state index is 11.9. The predicted molar refractivity (Wildman–Crippen MR) is 77.0 cm³/mol. The van der Waals surface area contributed by atoms with E-state index in [-0.39, 0.29) is 17.6 Å². The molecule has 3 nitrogen and oxygen atoms in total. The lowest BCUT2D eigenvalue weighted by Gasteiger charge is -2.29. The number of rotatable bonds is 0. The Kier molecular flexibility index (Phi) is 4.68. The second kappa shape index (κ2) is 5.03. The second-order valence-electron chi connectivity index (χ2n) is 4.68. The van der Waals surface area contributed by atoms with E-state index in [2.05, 4.69) is 44.2 Å². The molecule has 0 aliphatic carbocycles. The van der Waals surface area contributed by atoms with Gasteiger partial charge in [-0.15, -0.1) is 0 Å². The average Bonchev–Trinajstić information content (AvgIpc) is 2.63. The summed E-state index contributed by atoms with van der Waals surface area (Å²) in [6.45, 7) is 8.79. The Morgan fingerprint density at radius 3 is 2.40 bits per heavy atom. The Balaban J connectivity index is 0.000000531. The van der Waals surface area contributed by atoms with E-state index in [4.69, 9.17) is 4.74 Å². The van der Waals surface area contributed by atoms with E-state index in [0.29, 0.717) is 18.6 Å². The molecule has 2 rings (SSSR count). The maximum Gasteiger partial charge on any atom is 0.228 e. The van der Waals surface area contributed by atoms with Crippen LogP contribution >= 0.6 is 37.2 Å². The maximum absolute atomic E-state index is 11.9. The molecular weight excluding hydrogens is 420 g/mol. The normalized spacial score (nSPS) is 37.3. The van der Waals surface area contributed by atoms with Gasteiger partial charge in [-0.3, -0.25) is 4.79 Å². The highest BCUT2D eigenvalue weighted by Crippen LogP contribution is 2.40. The van der Waals surface area contributed by atoms with Crippen LogP contribution in [0.4, 0.5) is 0 Å². The van der Waals surface area contributed by atoms with Gasteiger partial charge in [0.1, 0.15) is 5.72 Å². The summed E-state index contributed by atoms with van der Waals surface area (Å²) in [6.07, 6.45) is 0. The summed E-state index contributed by atoms with van der Waals surface area (Å²) in [5, 5.41) is 0. The van der Waals surface area contributed by atoms with Gasteiger partial charge in [-0.1, -0.05) is 13.8 Å². The van der Waals surface area contributed by atoms with Crippen LogP contribution in [0.2, 0.25) is 0 Å². The fourth-order valence-electron chi connectivity index (χ4n) is 2.43. The molecule has 0 radical (unpaired) electrons. The van der Waals surface area contributed by atoms with E-state index in [1.165, 1.54) is 0 Å². The molecule has 0 unspecified atom stereocenters. The van der Waals surface area contributed by atoms with Crippen LogP contribution in [0.15, 0.2) is 0 Å². The summed E-state index contributed by atoms with van der Waals surface area (Å²) in [7, 11) is 0. The van der Waals surface area contributed by atoms with E-state index in [0.717, 1.165) is 0 Å². The van der Waals surface area contributed by atoms with E-state index in [1.807, 2.05) is 25.7 Å². The van der Waals surface area contributed by atoms with Gasteiger partial charge >= 0.3 is 0 Å². The molecular formula is C10H17I2NO2. The highest BCUT2D eigenvalue weighted by Gasteiger charge is 2.53. The Labute approximate surface area is 115 Å². The van der Waals surface area contributed by atoms with Crippen LogP contribution in [0, 0.1) is 11.8 Å². The van der Waals surface area contributed by atoms with Crippen molar-refractivity contribution in [1.29, 1.82) is 0 Å². The van der Waals surface area contributed by atoms with E-state index >= 15 is 0 Å². The lowest BCUT2D eigenvalue weighted by atomic mass is 9.94. The minimum atomic E-state index is -0.388. The van der Waals surface area contributed by atoms with Gasteiger partial charge in [0, 0.05) is 43.1 Å². The first-order valence-electron chi connectivity index (χ1n) is 5.06. The highest BCUT2D eigenvalue weighted by molar-refractivity contribution is 15.0. The molecule has 88 valence electrons. The molecule has 3 atom stereocenters. The summed E-state index contributed by atoms with van der Waals surface area (Å²) in [5.74, 6) is 0.836. The number of hydrogen-bond donors (Lipinski definition) is 0. The van der Waals surface area contributed by atoms with Crippen LogP contribution in [0.25, 0.3) is 0 Å². The van der Waals surface area contributed by atoms with Crippen LogP contribution < -0.4 is 0 Å². The monoisotopic (exact) mass is 437 g/mol. The topological polar surface area (TPSA) is 29.5 Å². The first-order valence-corrected chi connectivity index (χ1v) is 11.3. The van der Waals surface area contributed by atoms with Crippen molar-refractivity contribution in [3.8, 4) is 0 Å². The first kappa shape index (κ1) is 14.0. The molecule has 2 aliphatic heterocycles. The molecule has 2 saturated heterocycles. The van der Waals surface area contributed by atoms with E-state index in [1.54, 1.807) is 0 Å². The fourth-order valence-corrected chi connectivity index (χ4v) is 2.43. The standard InChI is InChI=1S/C10H17NO2.I2/c1-6-7(2)9(12)11-8(6)5-13-10(11,3)4;1-2/h6-8H,5H2,1-4H3;/t6-,7+,8+;/m0./s1. The molecule has 0 aromatic heterocycles. The van der Waals surface area contributed by atoms with Crippen molar-refractivity contribution in [2.45, 2.75) is 39.5 Å². The Morgan fingerprint density at radius 1 is 1.40 bits per heavy atom. The Hall–Kier alpha value is 0.890. The van der Waals surface area contributed by atoms with Crippen LogP contribution in [0.3, 0.4) is 0 Å². The Morgan fingerprint density at radius 2 is 1.93 bits per heavy atom. The SMILES string of the molecule is C[C@@H]1[C@H]2COC(C)(C)N2C(=O)[C@@H]1C.II. The van der Waals surface area contributed by atoms with Gasteiger partial charge in [0.15, 0.2) is 0 Å². The molecule has 15 heavy (non-hydrogen) atoms. The zero-order chi connectivity index (χ0) is 11.8. The molecule has 1 amide bonds. The zero-order valence-corrected chi connectivity index (χ0v) is 13.8. The van der Waals surface area contributed by atoms with Gasteiger partial charge in [0.05, 0.1) is 12.6 Å². The van der Waals surface area contributed by atoms with Gasteiger partial charge in [0.2, 0.25) is 5.91 Å². The number of nitrogens with zero attached hydrogens (tertiary/aromatic N) is 1. The van der Waals surface area contributed by atoms with Gasteiger partial charge in [-0.2, -0.15) is 0 Å². The number of hydrogen-bond acceptors (Lipinski definition) is 2. The van der Waals surface area contributed by atoms with Crippen molar-refractivity contribution in [3.05, 3.63) is 0 Å². The molecule has 0 aromatic carbocycles. The minimum Gasteiger partial charge on any atom is -0.354 e. The molecule has 0 saturated carbocycles. The van der Waals surface area contributed by atoms with Gasteiger partial charge in [-0.05, 0) is 19.8 Å². The van der Waals surface area contributed by atoms with Crippen LogP contribution in [-0.4, -0.2) is 29.2 Å². The molecule has 5 heteroatoms. The first-order chi connectivity index (χ1) is 6.95. The number of fused-ring (bicyclic) bond motifs is 1.